The fourth-order valence-corrected chi connectivity index (χ4v) is 3.65. The van der Waals surface area contributed by atoms with Crippen molar-refractivity contribution in [1.82, 2.24) is 19.4 Å². The number of aromatic nitrogens is 3. The molecule has 0 unspecified atom stereocenters. The van der Waals surface area contributed by atoms with Crippen LogP contribution in [0.15, 0.2) is 53.6 Å². The molecule has 0 N–H and O–H groups in total. The molecule has 3 heterocycles. The molecule has 0 bridgehead atoms. The second kappa shape index (κ2) is 7.02. The van der Waals surface area contributed by atoms with Gasteiger partial charge in [-0.05, 0) is 31.0 Å². The zero-order valence-electron chi connectivity index (χ0n) is 14.2. The first-order chi connectivity index (χ1) is 12.2. The minimum absolute atomic E-state index is 0.443. The van der Waals surface area contributed by atoms with Crippen LogP contribution in [0.5, 0.6) is 0 Å². The van der Waals surface area contributed by atoms with Crippen molar-refractivity contribution in [2.75, 3.05) is 13.1 Å². The van der Waals surface area contributed by atoms with E-state index in [2.05, 4.69) is 26.4 Å². The molecule has 25 heavy (non-hydrogen) atoms. The van der Waals surface area contributed by atoms with Gasteiger partial charge in [0.1, 0.15) is 0 Å². The Bertz CT molecular complexity index is 830. The number of piperidine rings is 1. The lowest BCUT2D eigenvalue weighted by Crippen LogP contribution is -2.40. The molecule has 2 aromatic heterocycles. The normalized spacial score (nSPS) is 21.5. The Morgan fingerprint density at radius 3 is 3.08 bits per heavy atom. The number of benzene rings is 1. The van der Waals surface area contributed by atoms with Crippen molar-refractivity contribution in [2.24, 2.45) is 5.92 Å². The number of hydrogen-bond donors (Lipinski definition) is 0. The molecule has 1 saturated heterocycles. The van der Waals surface area contributed by atoms with Gasteiger partial charge in [0.15, 0.2) is 5.76 Å². The summed E-state index contributed by atoms with van der Waals surface area (Å²) in [6.07, 6.45) is 8.74. The molecular weight excluding hydrogens is 336 g/mol. The van der Waals surface area contributed by atoms with E-state index in [1.807, 2.05) is 43.0 Å². The highest BCUT2D eigenvalue weighted by Crippen LogP contribution is 2.29. The lowest BCUT2D eigenvalue weighted by atomic mass is 9.93. The van der Waals surface area contributed by atoms with E-state index in [0.717, 1.165) is 43.3 Å². The molecule has 1 aromatic carbocycles. The average Bonchev–Trinajstić information content (AvgIpc) is 3.28. The summed E-state index contributed by atoms with van der Waals surface area (Å²) in [6.45, 7) is 5.07. The van der Waals surface area contributed by atoms with Crippen molar-refractivity contribution in [2.45, 2.75) is 25.9 Å². The Morgan fingerprint density at radius 1 is 1.36 bits per heavy atom. The second-order valence-electron chi connectivity index (χ2n) is 6.71. The summed E-state index contributed by atoms with van der Waals surface area (Å²) in [7, 11) is 0. The molecule has 0 aliphatic carbocycles. The molecule has 6 heteroatoms. The van der Waals surface area contributed by atoms with Crippen LogP contribution < -0.4 is 0 Å². The van der Waals surface area contributed by atoms with Crippen molar-refractivity contribution >= 4 is 11.6 Å². The van der Waals surface area contributed by atoms with E-state index in [9.17, 15) is 0 Å². The van der Waals surface area contributed by atoms with Crippen LogP contribution in [-0.2, 0) is 6.54 Å². The number of rotatable bonds is 4. The number of halogens is 1. The molecule has 1 fully saturated rings. The lowest BCUT2D eigenvalue weighted by Gasteiger charge is -2.37. The van der Waals surface area contributed by atoms with Crippen molar-refractivity contribution in [3.8, 4) is 11.3 Å². The smallest absolute Gasteiger partial charge is 0.209 e. The molecule has 2 atom stereocenters. The molecule has 3 aromatic rings. The Kier molecular flexibility index (Phi) is 4.59. The van der Waals surface area contributed by atoms with E-state index in [1.165, 1.54) is 0 Å². The van der Waals surface area contributed by atoms with Crippen molar-refractivity contribution in [1.29, 1.82) is 0 Å². The fourth-order valence-electron chi connectivity index (χ4n) is 3.46. The summed E-state index contributed by atoms with van der Waals surface area (Å²) in [4.78, 5) is 11.0. The predicted molar refractivity (Wildman–Crippen MR) is 97.3 cm³/mol. The fraction of sp³-hybridized carbons (Fsp3) is 0.368. The third-order valence-corrected chi connectivity index (χ3v) is 5.17. The van der Waals surface area contributed by atoms with Gasteiger partial charge >= 0.3 is 0 Å². The average molecular weight is 357 g/mol. The molecule has 1 aliphatic rings. The van der Waals surface area contributed by atoms with Gasteiger partial charge in [0.05, 0.1) is 19.1 Å². The SMILES string of the molecule is C[C@@H]1CCN(Cc2ncc(-c3cccc(Cl)c3)o2)C[C@@H]1n1ccnc1. The highest BCUT2D eigenvalue weighted by atomic mass is 35.5. The zero-order chi connectivity index (χ0) is 17.2. The summed E-state index contributed by atoms with van der Waals surface area (Å²) in [5.74, 6) is 2.14. The molecular formula is C19H21ClN4O. The van der Waals surface area contributed by atoms with Crippen molar-refractivity contribution < 1.29 is 4.42 Å². The maximum Gasteiger partial charge on any atom is 0.209 e. The van der Waals surface area contributed by atoms with Crippen LogP contribution in [0.3, 0.4) is 0 Å². The highest BCUT2D eigenvalue weighted by molar-refractivity contribution is 6.30. The summed E-state index contributed by atoms with van der Waals surface area (Å²) in [5.41, 5.74) is 0.954. The van der Waals surface area contributed by atoms with Crippen LogP contribution in [-0.4, -0.2) is 32.5 Å². The standard InChI is InChI=1S/C19H21ClN4O/c1-14-5-7-23(11-17(14)24-8-6-21-13-24)12-19-22-10-18(25-19)15-3-2-4-16(20)9-15/h2-4,6,8-10,13-14,17H,5,7,11-12H2,1H3/t14-,17+/m1/s1. The van der Waals surface area contributed by atoms with Gasteiger partial charge in [-0.2, -0.15) is 0 Å². The van der Waals surface area contributed by atoms with Crippen LogP contribution in [0.2, 0.25) is 5.02 Å². The third kappa shape index (κ3) is 3.62. The van der Waals surface area contributed by atoms with E-state index < -0.39 is 0 Å². The van der Waals surface area contributed by atoms with Crippen LogP contribution in [0.1, 0.15) is 25.3 Å². The Hall–Kier alpha value is -2.11. The predicted octanol–water partition coefficient (Wildman–Crippen LogP) is 4.27. The van der Waals surface area contributed by atoms with E-state index in [-0.39, 0.29) is 0 Å². The number of likely N-dealkylation sites (tertiary alicyclic amines) is 1. The van der Waals surface area contributed by atoms with E-state index in [0.29, 0.717) is 17.0 Å². The van der Waals surface area contributed by atoms with Gasteiger partial charge in [0.25, 0.3) is 0 Å². The van der Waals surface area contributed by atoms with E-state index in [1.54, 1.807) is 6.20 Å². The first-order valence-electron chi connectivity index (χ1n) is 8.59. The minimum atomic E-state index is 0.443. The lowest BCUT2D eigenvalue weighted by molar-refractivity contribution is 0.117. The van der Waals surface area contributed by atoms with Gasteiger partial charge in [-0.15, -0.1) is 0 Å². The summed E-state index contributed by atoms with van der Waals surface area (Å²) >= 11 is 6.06. The summed E-state index contributed by atoms with van der Waals surface area (Å²) in [5, 5.41) is 0.698. The van der Waals surface area contributed by atoms with Gasteiger partial charge in [-0.3, -0.25) is 4.90 Å². The molecule has 4 rings (SSSR count). The molecule has 1 aliphatic heterocycles. The van der Waals surface area contributed by atoms with Gasteiger partial charge in [-0.1, -0.05) is 30.7 Å². The number of hydrogen-bond acceptors (Lipinski definition) is 4. The molecule has 0 saturated carbocycles. The Morgan fingerprint density at radius 2 is 2.28 bits per heavy atom. The Balaban J connectivity index is 1.46. The second-order valence-corrected chi connectivity index (χ2v) is 7.14. The summed E-state index contributed by atoms with van der Waals surface area (Å²) in [6, 6.07) is 8.09. The first kappa shape index (κ1) is 16.4. The number of nitrogens with zero attached hydrogens (tertiary/aromatic N) is 4. The van der Waals surface area contributed by atoms with Crippen molar-refractivity contribution in [3.63, 3.8) is 0 Å². The molecule has 130 valence electrons. The van der Waals surface area contributed by atoms with Crippen LogP contribution in [0, 0.1) is 5.92 Å². The highest BCUT2D eigenvalue weighted by Gasteiger charge is 2.28. The van der Waals surface area contributed by atoms with E-state index >= 15 is 0 Å². The van der Waals surface area contributed by atoms with Gasteiger partial charge in [-0.25, -0.2) is 9.97 Å². The Labute approximate surface area is 152 Å². The molecule has 0 amide bonds. The topological polar surface area (TPSA) is 47.1 Å². The maximum absolute atomic E-state index is 6.06. The van der Waals surface area contributed by atoms with Crippen LogP contribution >= 0.6 is 11.6 Å². The van der Waals surface area contributed by atoms with Gasteiger partial charge in [0, 0.05) is 35.6 Å². The number of oxazole rings is 1. The molecule has 0 radical (unpaired) electrons. The number of imidazole rings is 1. The monoisotopic (exact) mass is 356 g/mol. The third-order valence-electron chi connectivity index (χ3n) is 4.93. The maximum atomic E-state index is 6.06. The van der Waals surface area contributed by atoms with E-state index in [4.69, 9.17) is 16.0 Å². The largest absolute Gasteiger partial charge is 0.439 e. The van der Waals surface area contributed by atoms with Crippen molar-refractivity contribution in [3.05, 3.63) is 60.1 Å². The molecule has 0 spiro atoms. The van der Waals surface area contributed by atoms with Gasteiger partial charge < -0.3 is 8.98 Å². The quantitative estimate of drug-likeness (QED) is 0.700. The summed E-state index contributed by atoms with van der Waals surface area (Å²) < 4.78 is 8.16. The molecule has 5 nitrogen and oxygen atoms in total. The van der Waals surface area contributed by atoms with Gasteiger partial charge in [0.2, 0.25) is 5.89 Å². The van der Waals surface area contributed by atoms with Crippen LogP contribution in [0.25, 0.3) is 11.3 Å². The minimum Gasteiger partial charge on any atom is -0.439 e. The van der Waals surface area contributed by atoms with Crippen LogP contribution in [0.4, 0.5) is 0 Å². The zero-order valence-corrected chi connectivity index (χ0v) is 14.9. The first-order valence-corrected chi connectivity index (χ1v) is 8.97.